The Morgan fingerprint density at radius 1 is 1.20 bits per heavy atom. The highest BCUT2D eigenvalue weighted by Gasteiger charge is 2.25. The lowest BCUT2D eigenvalue weighted by Crippen LogP contribution is -2.41. The highest BCUT2D eigenvalue weighted by Crippen LogP contribution is 2.32. The molecule has 2 amide bonds. The highest BCUT2D eigenvalue weighted by molar-refractivity contribution is 5.94. The molecule has 2 N–H and O–H groups in total. The van der Waals surface area contributed by atoms with Gasteiger partial charge in [0, 0.05) is 37.4 Å². The minimum Gasteiger partial charge on any atom is -0.371 e. The van der Waals surface area contributed by atoms with Gasteiger partial charge in [-0.3, -0.25) is 9.59 Å². The fourth-order valence-corrected chi connectivity index (χ4v) is 3.59. The summed E-state index contributed by atoms with van der Waals surface area (Å²) < 4.78 is 0. The van der Waals surface area contributed by atoms with E-state index < -0.39 is 0 Å². The van der Waals surface area contributed by atoms with Crippen molar-refractivity contribution in [2.45, 2.75) is 39.0 Å². The van der Waals surface area contributed by atoms with E-state index in [1.807, 2.05) is 36.1 Å². The second kappa shape index (κ2) is 7.89. The summed E-state index contributed by atoms with van der Waals surface area (Å²) >= 11 is 0. The largest absolute Gasteiger partial charge is 0.371 e. The van der Waals surface area contributed by atoms with Crippen molar-refractivity contribution in [3.63, 3.8) is 0 Å². The molecule has 0 aromatic heterocycles. The van der Waals surface area contributed by atoms with Crippen LogP contribution in [-0.2, 0) is 4.79 Å². The zero-order valence-electron chi connectivity index (χ0n) is 15.1. The first-order valence-corrected chi connectivity index (χ1v) is 9.52. The van der Waals surface area contributed by atoms with Gasteiger partial charge >= 0.3 is 0 Å². The third kappa shape index (κ3) is 4.53. The van der Waals surface area contributed by atoms with Crippen LogP contribution in [-0.4, -0.2) is 42.9 Å². The number of carbonyl (C=O) groups excluding carboxylic acids is 2. The number of anilines is 1. The third-order valence-corrected chi connectivity index (χ3v) is 5.48. The molecule has 0 radical (unpaired) electrons. The van der Waals surface area contributed by atoms with Gasteiger partial charge in [0.25, 0.3) is 5.91 Å². The van der Waals surface area contributed by atoms with E-state index >= 15 is 0 Å². The van der Waals surface area contributed by atoms with E-state index in [1.54, 1.807) is 0 Å². The van der Waals surface area contributed by atoms with Gasteiger partial charge in [0.1, 0.15) is 0 Å². The zero-order chi connectivity index (χ0) is 17.8. The van der Waals surface area contributed by atoms with Crippen LogP contribution in [0, 0.1) is 11.8 Å². The summed E-state index contributed by atoms with van der Waals surface area (Å²) in [6, 6.07) is 7.80. The van der Waals surface area contributed by atoms with Gasteiger partial charge in [-0.25, -0.2) is 0 Å². The molecule has 1 aromatic rings. The van der Waals surface area contributed by atoms with Crippen molar-refractivity contribution in [2.24, 2.45) is 17.6 Å². The lowest BCUT2D eigenvalue weighted by atomic mass is 9.97. The first-order chi connectivity index (χ1) is 12.1. The Morgan fingerprint density at radius 3 is 2.52 bits per heavy atom. The molecule has 1 aromatic carbocycles. The molecule has 5 heteroatoms. The van der Waals surface area contributed by atoms with Gasteiger partial charge in [0.05, 0.1) is 5.92 Å². The average Bonchev–Trinajstić information content (AvgIpc) is 3.46. The van der Waals surface area contributed by atoms with E-state index in [4.69, 9.17) is 5.73 Å². The van der Waals surface area contributed by atoms with Gasteiger partial charge in [0.2, 0.25) is 5.91 Å². The average molecular weight is 343 g/mol. The van der Waals surface area contributed by atoms with Crippen molar-refractivity contribution in [1.29, 1.82) is 0 Å². The summed E-state index contributed by atoms with van der Waals surface area (Å²) in [5.41, 5.74) is 7.26. The number of benzene rings is 1. The van der Waals surface area contributed by atoms with E-state index in [0.717, 1.165) is 56.1 Å². The Hall–Kier alpha value is -2.04. The van der Waals surface area contributed by atoms with E-state index in [9.17, 15) is 9.59 Å². The van der Waals surface area contributed by atoms with Crippen LogP contribution in [0.25, 0.3) is 0 Å². The maximum Gasteiger partial charge on any atom is 0.253 e. The second-order valence-corrected chi connectivity index (χ2v) is 7.35. The van der Waals surface area contributed by atoms with Crippen molar-refractivity contribution in [3.05, 3.63) is 29.8 Å². The molecular formula is C20H29N3O2. The molecule has 0 spiro atoms. The van der Waals surface area contributed by atoms with Gasteiger partial charge in [-0.1, -0.05) is 12.8 Å². The van der Waals surface area contributed by atoms with Crippen molar-refractivity contribution < 1.29 is 9.59 Å². The quantitative estimate of drug-likeness (QED) is 0.828. The molecule has 25 heavy (non-hydrogen) atoms. The molecule has 2 fully saturated rings. The van der Waals surface area contributed by atoms with Crippen LogP contribution in [0.3, 0.4) is 0 Å². The van der Waals surface area contributed by atoms with Crippen molar-refractivity contribution in [2.75, 3.05) is 31.1 Å². The van der Waals surface area contributed by atoms with Crippen molar-refractivity contribution in [1.82, 2.24) is 4.90 Å². The SMILES string of the molecule is CCN(CCC1CC1)C(=O)c1ccc(N2CCCC(C(N)=O)C2)cc1. The Kier molecular flexibility index (Phi) is 5.61. The lowest BCUT2D eigenvalue weighted by Gasteiger charge is -2.33. The molecule has 1 saturated heterocycles. The highest BCUT2D eigenvalue weighted by atomic mass is 16.2. The smallest absolute Gasteiger partial charge is 0.253 e. The summed E-state index contributed by atoms with van der Waals surface area (Å²) in [6.45, 7) is 5.25. The number of rotatable bonds is 7. The van der Waals surface area contributed by atoms with Crippen molar-refractivity contribution >= 4 is 17.5 Å². The zero-order valence-corrected chi connectivity index (χ0v) is 15.1. The monoisotopic (exact) mass is 343 g/mol. The third-order valence-electron chi connectivity index (χ3n) is 5.48. The first-order valence-electron chi connectivity index (χ1n) is 9.52. The van der Waals surface area contributed by atoms with Crippen LogP contribution in [0.2, 0.25) is 0 Å². The summed E-state index contributed by atoms with van der Waals surface area (Å²) in [5.74, 6) is 0.656. The number of nitrogens with zero attached hydrogens (tertiary/aromatic N) is 2. The Morgan fingerprint density at radius 2 is 1.92 bits per heavy atom. The van der Waals surface area contributed by atoms with Crippen LogP contribution in [0.15, 0.2) is 24.3 Å². The van der Waals surface area contributed by atoms with Crippen LogP contribution < -0.4 is 10.6 Å². The van der Waals surface area contributed by atoms with Crippen LogP contribution >= 0.6 is 0 Å². The summed E-state index contributed by atoms with van der Waals surface area (Å²) in [4.78, 5) is 28.3. The van der Waals surface area contributed by atoms with Gasteiger partial charge in [-0.2, -0.15) is 0 Å². The molecule has 1 aliphatic heterocycles. The van der Waals surface area contributed by atoms with Crippen LogP contribution in [0.5, 0.6) is 0 Å². The fourth-order valence-electron chi connectivity index (χ4n) is 3.59. The van der Waals surface area contributed by atoms with E-state index in [2.05, 4.69) is 4.90 Å². The maximum atomic E-state index is 12.7. The van der Waals surface area contributed by atoms with E-state index in [0.29, 0.717) is 6.54 Å². The number of primary amides is 1. The topological polar surface area (TPSA) is 66.6 Å². The maximum absolute atomic E-state index is 12.7. The molecule has 2 aliphatic rings. The number of carbonyl (C=O) groups is 2. The van der Waals surface area contributed by atoms with E-state index in [-0.39, 0.29) is 17.7 Å². The van der Waals surface area contributed by atoms with Crippen LogP contribution in [0.4, 0.5) is 5.69 Å². The molecule has 1 atom stereocenters. The minimum absolute atomic E-state index is 0.0759. The molecule has 5 nitrogen and oxygen atoms in total. The Bertz CT molecular complexity index is 610. The fraction of sp³-hybridized carbons (Fsp3) is 0.600. The summed E-state index contributed by atoms with van der Waals surface area (Å²) in [7, 11) is 0. The number of amides is 2. The number of hydrogen-bond donors (Lipinski definition) is 1. The molecule has 3 rings (SSSR count). The molecule has 136 valence electrons. The van der Waals surface area contributed by atoms with Gasteiger partial charge in [-0.15, -0.1) is 0 Å². The molecule has 0 bridgehead atoms. The van der Waals surface area contributed by atoms with Gasteiger partial charge < -0.3 is 15.5 Å². The summed E-state index contributed by atoms with van der Waals surface area (Å²) in [5, 5.41) is 0. The predicted molar refractivity (Wildman–Crippen MR) is 99.5 cm³/mol. The van der Waals surface area contributed by atoms with Crippen molar-refractivity contribution in [3.8, 4) is 0 Å². The molecule has 1 aliphatic carbocycles. The molecule has 1 saturated carbocycles. The molecular weight excluding hydrogens is 314 g/mol. The Balaban J connectivity index is 1.62. The second-order valence-electron chi connectivity index (χ2n) is 7.35. The minimum atomic E-state index is -0.217. The van der Waals surface area contributed by atoms with Gasteiger partial charge in [-0.05, 0) is 56.4 Å². The predicted octanol–water partition coefficient (Wildman–Crippen LogP) is 2.65. The Labute approximate surface area is 150 Å². The number of hydrogen-bond acceptors (Lipinski definition) is 3. The number of piperidine rings is 1. The molecule has 1 heterocycles. The number of nitrogens with two attached hydrogens (primary N) is 1. The molecule has 1 unspecified atom stereocenters. The lowest BCUT2D eigenvalue weighted by molar-refractivity contribution is -0.122. The van der Waals surface area contributed by atoms with Crippen LogP contribution in [0.1, 0.15) is 49.4 Å². The standard InChI is InChI=1S/C20H29N3O2/c1-2-22(13-11-15-5-6-15)20(25)16-7-9-18(10-8-16)23-12-3-4-17(14-23)19(21)24/h7-10,15,17H,2-6,11-14H2,1H3,(H2,21,24). The van der Waals surface area contributed by atoms with E-state index in [1.165, 1.54) is 12.8 Å². The normalized spacial score (nSPS) is 20.4. The van der Waals surface area contributed by atoms with Gasteiger partial charge in [0.15, 0.2) is 0 Å². The summed E-state index contributed by atoms with van der Waals surface area (Å²) in [6.07, 6.45) is 5.61. The first kappa shape index (κ1) is 17.8.